The number of ether oxygens (including phenoxy) is 1. The summed E-state index contributed by atoms with van der Waals surface area (Å²) in [5.41, 5.74) is 1.16. The minimum absolute atomic E-state index is 0.108. The molecule has 0 spiro atoms. The lowest BCUT2D eigenvalue weighted by molar-refractivity contribution is 0.0470. The molecule has 0 N–H and O–H groups in total. The number of carbonyl (C=O) groups is 1. The van der Waals surface area contributed by atoms with Gasteiger partial charge in [0.2, 0.25) is 0 Å². The summed E-state index contributed by atoms with van der Waals surface area (Å²) in [6.45, 7) is 8.49. The summed E-state index contributed by atoms with van der Waals surface area (Å²) >= 11 is -2.00. The Morgan fingerprint density at radius 1 is 0.878 bits per heavy atom. The van der Waals surface area contributed by atoms with E-state index in [1.54, 1.807) is 13.0 Å². The van der Waals surface area contributed by atoms with Crippen molar-refractivity contribution in [2.45, 2.75) is 51.5 Å². The quantitative estimate of drug-likeness (QED) is 0.187. The molecule has 0 bridgehead atoms. The van der Waals surface area contributed by atoms with E-state index >= 15 is 0 Å². The van der Waals surface area contributed by atoms with Crippen molar-refractivity contribution >= 4 is 36.0 Å². The smallest absolute Gasteiger partial charge is 0.342 e. The van der Waals surface area contributed by atoms with Crippen LogP contribution in [-0.2, 0) is 35.5 Å². The summed E-state index contributed by atoms with van der Waals surface area (Å²) in [7, 11) is -2.88. The average Bonchev–Trinajstić information content (AvgIpc) is 3.55. The van der Waals surface area contributed by atoms with Crippen LogP contribution in [0.15, 0.2) is 101 Å². The van der Waals surface area contributed by atoms with Gasteiger partial charge in [0.05, 0.1) is 6.61 Å². The second-order valence-electron chi connectivity index (χ2n) is 11.0. The van der Waals surface area contributed by atoms with Gasteiger partial charge < -0.3 is 13.6 Å². The van der Waals surface area contributed by atoms with Crippen LogP contribution in [0.4, 0.5) is 0 Å². The lowest BCUT2D eigenvalue weighted by Gasteiger charge is -2.43. The molecule has 7 nitrogen and oxygen atoms in total. The topological polar surface area (TPSA) is 84.2 Å². The van der Waals surface area contributed by atoms with Gasteiger partial charge in [0.15, 0.2) is 6.10 Å². The Hall–Kier alpha value is -3.34. The molecule has 3 aromatic carbocycles. The van der Waals surface area contributed by atoms with Crippen LogP contribution < -0.4 is 10.4 Å². The third-order valence-corrected chi connectivity index (χ3v) is 13.0. The van der Waals surface area contributed by atoms with Crippen molar-refractivity contribution in [3.8, 4) is 0 Å². The first-order chi connectivity index (χ1) is 19.7. The summed E-state index contributed by atoms with van der Waals surface area (Å²) in [5, 5.41) is 1.99. The molecular formula is C32H34O7SSi. The highest BCUT2D eigenvalue weighted by molar-refractivity contribution is 7.75. The van der Waals surface area contributed by atoms with Gasteiger partial charge in [-0.1, -0.05) is 112 Å². The van der Waals surface area contributed by atoms with E-state index in [-0.39, 0.29) is 23.8 Å². The standard InChI is InChI=1S/C32H34O7SSi/c1-23-27(31(33)35-21-24-14-8-5-9-15-24)20-28(37-23)30-29(38-40(34)39-30)22-36-41(32(2,3)4,25-16-10-6-11-17-25)26-18-12-7-13-19-26/h5-20,29-30H,21-22H2,1-4H3/t29-,30-,40?/m1/s1. The van der Waals surface area contributed by atoms with Crippen LogP contribution in [0.25, 0.3) is 0 Å². The van der Waals surface area contributed by atoms with E-state index in [1.807, 2.05) is 66.7 Å². The number of esters is 1. The van der Waals surface area contributed by atoms with Crippen LogP contribution >= 0.6 is 0 Å². The van der Waals surface area contributed by atoms with Crippen molar-refractivity contribution in [1.29, 1.82) is 0 Å². The van der Waals surface area contributed by atoms with Crippen LogP contribution in [0, 0.1) is 6.92 Å². The summed E-state index contributed by atoms with van der Waals surface area (Å²) < 4.78 is 42.2. The molecule has 9 heteroatoms. The zero-order chi connectivity index (χ0) is 29.0. The molecule has 0 radical (unpaired) electrons. The van der Waals surface area contributed by atoms with E-state index in [2.05, 4.69) is 45.0 Å². The van der Waals surface area contributed by atoms with Gasteiger partial charge in [-0.3, -0.25) is 8.37 Å². The number of hydrogen-bond acceptors (Lipinski definition) is 7. The molecule has 0 amide bonds. The first kappa shape index (κ1) is 29.2. The molecule has 214 valence electrons. The SMILES string of the molecule is Cc1oc([C@H]2OS(=O)O[C@@H]2CO[Si](c2ccccc2)(c2ccccc2)C(C)(C)C)cc1C(=O)OCc1ccccc1. The normalized spacial score (nSPS) is 19.3. The highest BCUT2D eigenvalue weighted by Crippen LogP contribution is 2.39. The molecule has 5 rings (SSSR count). The Morgan fingerprint density at radius 2 is 1.44 bits per heavy atom. The van der Waals surface area contributed by atoms with E-state index in [4.69, 9.17) is 21.9 Å². The number of hydrogen-bond donors (Lipinski definition) is 0. The maximum atomic E-state index is 12.9. The second-order valence-corrected chi connectivity index (χ2v) is 16.1. The van der Waals surface area contributed by atoms with Crippen LogP contribution in [0.5, 0.6) is 0 Å². The third-order valence-electron chi connectivity index (χ3n) is 7.25. The molecule has 1 aromatic heterocycles. The van der Waals surface area contributed by atoms with E-state index in [1.165, 1.54) is 0 Å². The van der Waals surface area contributed by atoms with Crippen molar-refractivity contribution in [3.63, 3.8) is 0 Å². The van der Waals surface area contributed by atoms with Gasteiger partial charge in [-0.15, -0.1) is 0 Å². The fourth-order valence-corrected chi connectivity index (χ4v) is 10.6. The lowest BCUT2D eigenvalue weighted by atomic mass is 10.1. The van der Waals surface area contributed by atoms with Gasteiger partial charge >= 0.3 is 17.3 Å². The van der Waals surface area contributed by atoms with Crippen LogP contribution in [0.3, 0.4) is 0 Å². The minimum Gasteiger partial charge on any atom is -0.463 e. The Bertz CT molecular complexity index is 1440. The lowest BCUT2D eigenvalue weighted by Crippen LogP contribution is -2.67. The van der Waals surface area contributed by atoms with E-state index in [0.29, 0.717) is 11.5 Å². The van der Waals surface area contributed by atoms with Gasteiger partial charge in [0.1, 0.15) is 29.8 Å². The minimum atomic E-state index is -2.88. The monoisotopic (exact) mass is 590 g/mol. The largest absolute Gasteiger partial charge is 0.463 e. The maximum absolute atomic E-state index is 12.9. The van der Waals surface area contributed by atoms with Crippen LogP contribution in [0.2, 0.25) is 5.04 Å². The van der Waals surface area contributed by atoms with Crippen molar-refractivity contribution in [2.75, 3.05) is 6.61 Å². The molecule has 1 fully saturated rings. The summed E-state index contributed by atoms with van der Waals surface area (Å²) in [6.07, 6.45) is -1.56. The predicted molar refractivity (Wildman–Crippen MR) is 159 cm³/mol. The molecule has 0 aliphatic carbocycles. The fraction of sp³-hybridized carbons (Fsp3) is 0.281. The molecule has 2 heterocycles. The molecule has 1 aliphatic heterocycles. The molecule has 41 heavy (non-hydrogen) atoms. The molecule has 1 unspecified atom stereocenters. The van der Waals surface area contributed by atoms with Gasteiger partial charge in [0, 0.05) is 0 Å². The number of aryl methyl sites for hydroxylation is 1. The Morgan fingerprint density at radius 3 is 2.00 bits per heavy atom. The molecular weight excluding hydrogens is 556 g/mol. The first-order valence-electron chi connectivity index (χ1n) is 13.5. The van der Waals surface area contributed by atoms with Gasteiger partial charge in [-0.05, 0) is 34.0 Å². The summed E-state index contributed by atoms with van der Waals surface area (Å²) in [4.78, 5) is 12.9. The summed E-state index contributed by atoms with van der Waals surface area (Å²) in [5.74, 6) is 0.198. The van der Waals surface area contributed by atoms with Gasteiger partial charge in [-0.2, -0.15) is 4.21 Å². The zero-order valence-electron chi connectivity index (χ0n) is 23.6. The number of benzene rings is 3. The second kappa shape index (κ2) is 12.3. The van der Waals surface area contributed by atoms with Crippen molar-refractivity contribution in [2.24, 2.45) is 0 Å². The zero-order valence-corrected chi connectivity index (χ0v) is 25.4. The number of furan rings is 1. The predicted octanol–water partition coefficient (Wildman–Crippen LogP) is 5.56. The average molecular weight is 591 g/mol. The van der Waals surface area contributed by atoms with E-state index < -0.39 is 37.9 Å². The van der Waals surface area contributed by atoms with Crippen LogP contribution in [0.1, 0.15) is 54.3 Å². The molecule has 1 saturated heterocycles. The summed E-state index contributed by atoms with van der Waals surface area (Å²) in [6, 6.07) is 31.5. The molecule has 0 saturated carbocycles. The molecule has 3 atom stereocenters. The van der Waals surface area contributed by atoms with E-state index in [0.717, 1.165) is 15.9 Å². The highest BCUT2D eigenvalue weighted by atomic mass is 32.2. The molecule has 1 aliphatic rings. The number of carbonyl (C=O) groups excluding carboxylic acids is 1. The fourth-order valence-electron chi connectivity index (χ4n) is 5.28. The highest BCUT2D eigenvalue weighted by Gasteiger charge is 2.51. The van der Waals surface area contributed by atoms with E-state index in [9.17, 15) is 9.00 Å². The molecule has 4 aromatic rings. The van der Waals surface area contributed by atoms with Crippen LogP contribution in [-0.4, -0.2) is 31.2 Å². The van der Waals surface area contributed by atoms with Crippen molar-refractivity contribution < 1.29 is 30.9 Å². The van der Waals surface area contributed by atoms with Gasteiger partial charge in [-0.25, -0.2) is 4.79 Å². The third kappa shape index (κ3) is 6.14. The number of rotatable bonds is 9. The maximum Gasteiger partial charge on any atom is 0.342 e. The van der Waals surface area contributed by atoms with Crippen molar-refractivity contribution in [3.05, 3.63) is 120 Å². The van der Waals surface area contributed by atoms with Crippen molar-refractivity contribution in [1.82, 2.24) is 0 Å². The van der Waals surface area contributed by atoms with Gasteiger partial charge in [0.25, 0.3) is 8.32 Å². The Labute approximate surface area is 244 Å². The Balaban J connectivity index is 1.40. The first-order valence-corrected chi connectivity index (χ1v) is 16.4. The Kier molecular flexibility index (Phi) is 8.72.